The maximum Gasteiger partial charge on any atom is 0.222 e. The van der Waals surface area contributed by atoms with E-state index >= 15 is 0 Å². The number of halogens is 1. The van der Waals surface area contributed by atoms with Crippen LogP contribution in [0.4, 0.5) is 0 Å². The maximum atomic E-state index is 12.8. The molecule has 0 aliphatic rings. The van der Waals surface area contributed by atoms with E-state index in [-0.39, 0.29) is 24.1 Å². The van der Waals surface area contributed by atoms with Gasteiger partial charge in [0.2, 0.25) is 5.91 Å². The molecule has 2 rings (SSSR count). The van der Waals surface area contributed by atoms with Crippen molar-refractivity contribution in [3.05, 3.63) is 71.8 Å². The van der Waals surface area contributed by atoms with Crippen LogP contribution in [0.2, 0.25) is 0 Å². The largest absolute Gasteiger partial charge is 0.342 e. The normalized spacial score (nSPS) is 11.5. The number of nitrogens with zero attached hydrogens (tertiary/aromatic N) is 1. The monoisotopic (exact) mass is 346 g/mol. The van der Waals surface area contributed by atoms with Crippen molar-refractivity contribution >= 4 is 24.1 Å². The molecule has 0 aliphatic heterocycles. The summed E-state index contributed by atoms with van der Waals surface area (Å²) in [5, 5.41) is 2.87. The fraction of sp³-hybridized carbons (Fsp3) is 0.263. The highest BCUT2D eigenvalue weighted by Crippen LogP contribution is 2.18. The summed E-state index contributed by atoms with van der Waals surface area (Å²) in [6.45, 7) is 0.646. The van der Waals surface area contributed by atoms with Crippen molar-refractivity contribution in [3.63, 3.8) is 0 Å². The van der Waals surface area contributed by atoms with Gasteiger partial charge in [0.05, 0.1) is 0 Å². The molecular formula is C19H23ClN2O2. The molecule has 1 N–H and O–H groups in total. The van der Waals surface area contributed by atoms with Gasteiger partial charge in [-0.05, 0) is 19.7 Å². The van der Waals surface area contributed by atoms with Crippen LogP contribution in [0, 0.1) is 0 Å². The molecule has 1 unspecified atom stereocenters. The Morgan fingerprint density at radius 1 is 0.958 bits per heavy atom. The summed E-state index contributed by atoms with van der Waals surface area (Å²) in [5.74, 6) is -0.230. The van der Waals surface area contributed by atoms with E-state index in [9.17, 15) is 9.59 Å². The molecule has 0 fully saturated rings. The summed E-state index contributed by atoms with van der Waals surface area (Å²) < 4.78 is 0. The number of hydrogen-bond acceptors (Lipinski definition) is 3. The highest BCUT2D eigenvalue weighted by atomic mass is 35.5. The quantitative estimate of drug-likeness (QED) is 0.784. The first-order valence-electron chi connectivity index (χ1n) is 7.66. The Bertz CT molecular complexity index is 645. The summed E-state index contributed by atoms with van der Waals surface area (Å²) >= 11 is 0. The fourth-order valence-electron chi connectivity index (χ4n) is 2.27. The molecule has 2 aromatic carbocycles. The number of benzene rings is 2. The average molecular weight is 347 g/mol. The molecule has 128 valence electrons. The zero-order valence-electron chi connectivity index (χ0n) is 13.9. The van der Waals surface area contributed by atoms with Crippen molar-refractivity contribution in [1.29, 1.82) is 0 Å². The van der Waals surface area contributed by atoms with E-state index in [1.165, 1.54) is 0 Å². The van der Waals surface area contributed by atoms with Crippen LogP contribution in [0.1, 0.15) is 28.4 Å². The smallest absolute Gasteiger partial charge is 0.222 e. The number of nitrogens with one attached hydrogen (secondary N) is 1. The Hall–Kier alpha value is -2.17. The first-order chi connectivity index (χ1) is 11.1. The number of hydrogen-bond donors (Lipinski definition) is 1. The summed E-state index contributed by atoms with van der Waals surface area (Å²) in [4.78, 5) is 26.9. The zero-order valence-corrected chi connectivity index (χ0v) is 14.8. The lowest BCUT2D eigenvalue weighted by Gasteiger charge is -2.19. The molecular weight excluding hydrogens is 324 g/mol. The second kappa shape index (κ2) is 9.85. The van der Waals surface area contributed by atoms with Gasteiger partial charge in [0, 0.05) is 18.5 Å². The Kier molecular flexibility index (Phi) is 8.16. The van der Waals surface area contributed by atoms with Gasteiger partial charge in [0.25, 0.3) is 0 Å². The standard InChI is InChI=1S/C19H22N2O2.ClH/c1-21(2)14-13-17(22)20-18(15-9-5-3-6-10-15)19(23)16-11-7-4-8-12-16;/h3-12,18H,13-14H2,1-2H3,(H,20,22);1H. The number of rotatable bonds is 7. The first-order valence-corrected chi connectivity index (χ1v) is 7.66. The number of carbonyl (C=O) groups excluding carboxylic acids is 2. The van der Waals surface area contributed by atoms with Crippen LogP contribution < -0.4 is 5.32 Å². The molecule has 0 bridgehead atoms. The van der Waals surface area contributed by atoms with Gasteiger partial charge in [-0.3, -0.25) is 9.59 Å². The number of amides is 1. The van der Waals surface area contributed by atoms with Crippen LogP contribution in [0.25, 0.3) is 0 Å². The molecule has 24 heavy (non-hydrogen) atoms. The highest BCUT2D eigenvalue weighted by molar-refractivity contribution is 6.02. The van der Waals surface area contributed by atoms with E-state index in [2.05, 4.69) is 5.32 Å². The minimum atomic E-state index is -0.659. The topological polar surface area (TPSA) is 49.4 Å². The Labute approximate surface area is 149 Å². The van der Waals surface area contributed by atoms with E-state index < -0.39 is 6.04 Å². The summed E-state index contributed by atoms with van der Waals surface area (Å²) in [6.07, 6.45) is 0.360. The second-order valence-corrected chi connectivity index (χ2v) is 5.69. The summed E-state index contributed by atoms with van der Waals surface area (Å²) in [6, 6.07) is 17.7. The van der Waals surface area contributed by atoms with Crippen molar-refractivity contribution < 1.29 is 9.59 Å². The molecule has 5 heteroatoms. The molecule has 0 spiro atoms. The van der Waals surface area contributed by atoms with Gasteiger partial charge in [-0.15, -0.1) is 12.4 Å². The Morgan fingerprint density at radius 3 is 2.04 bits per heavy atom. The van der Waals surface area contributed by atoms with Crippen molar-refractivity contribution in [2.75, 3.05) is 20.6 Å². The molecule has 0 aromatic heterocycles. The van der Waals surface area contributed by atoms with E-state index in [4.69, 9.17) is 0 Å². The SMILES string of the molecule is CN(C)CCC(=O)NC(C(=O)c1ccccc1)c1ccccc1.Cl. The Morgan fingerprint density at radius 2 is 1.50 bits per heavy atom. The molecule has 0 radical (unpaired) electrons. The van der Waals surface area contributed by atoms with Crippen molar-refractivity contribution in [3.8, 4) is 0 Å². The third-order valence-electron chi connectivity index (χ3n) is 3.54. The minimum absolute atomic E-state index is 0. The minimum Gasteiger partial charge on any atom is -0.342 e. The molecule has 0 aliphatic carbocycles. The van der Waals surface area contributed by atoms with Gasteiger partial charge in [0.1, 0.15) is 6.04 Å². The van der Waals surface area contributed by atoms with Crippen LogP contribution in [0.15, 0.2) is 60.7 Å². The highest BCUT2D eigenvalue weighted by Gasteiger charge is 2.23. The lowest BCUT2D eigenvalue weighted by Crippen LogP contribution is -2.35. The predicted molar refractivity (Wildman–Crippen MR) is 98.5 cm³/mol. The first kappa shape index (κ1) is 19.9. The van der Waals surface area contributed by atoms with Gasteiger partial charge in [0.15, 0.2) is 5.78 Å². The lowest BCUT2D eigenvalue weighted by atomic mass is 9.97. The van der Waals surface area contributed by atoms with Crippen molar-refractivity contribution in [2.24, 2.45) is 0 Å². The molecule has 1 atom stereocenters. The van der Waals surface area contributed by atoms with E-state index in [1.54, 1.807) is 12.1 Å². The van der Waals surface area contributed by atoms with Crippen molar-refractivity contribution in [1.82, 2.24) is 10.2 Å². The number of carbonyl (C=O) groups is 2. The third-order valence-corrected chi connectivity index (χ3v) is 3.54. The summed E-state index contributed by atoms with van der Waals surface area (Å²) in [5.41, 5.74) is 1.38. The number of Topliss-reactive ketones (excluding diaryl/α,β-unsaturated/α-hetero) is 1. The van der Waals surface area contributed by atoms with Crippen LogP contribution in [-0.4, -0.2) is 37.2 Å². The van der Waals surface area contributed by atoms with Gasteiger partial charge in [-0.25, -0.2) is 0 Å². The molecule has 0 saturated carbocycles. The van der Waals surface area contributed by atoms with E-state index in [0.29, 0.717) is 18.5 Å². The van der Waals surface area contributed by atoms with Gasteiger partial charge in [-0.2, -0.15) is 0 Å². The molecule has 1 amide bonds. The van der Waals surface area contributed by atoms with Crippen LogP contribution in [0.5, 0.6) is 0 Å². The third kappa shape index (κ3) is 5.80. The van der Waals surface area contributed by atoms with Gasteiger partial charge in [-0.1, -0.05) is 60.7 Å². The van der Waals surface area contributed by atoms with Crippen molar-refractivity contribution in [2.45, 2.75) is 12.5 Å². The van der Waals surface area contributed by atoms with E-state index in [1.807, 2.05) is 67.5 Å². The van der Waals surface area contributed by atoms with Crippen LogP contribution >= 0.6 is 12.4 Å². The predicted octanol–water partition coefficient (Wildman–Crippen LogP) is 3.10. The molecule has 0 heterocycles. The summed E-state index contributed by atoms with van der Waals surface area (Å²) in [7, 11) is 3.83. The van der Waals surface area contributed by atoms with E-state index in [0.717, 1.165) is 5.56 Å². The molecule has 4 nitrogen and oxygen atoms in total. The molecule has 2 aromatic rings. The van der Waals surface area contributed by atoms with Crippen LogP contribution in [0.3, 0.4) is 0 Å². The lowest BCUT2D eigenvalue weighted by molar-refractivity contribution is -0.121. The maximum absolute atomic E-state index is 12.8. The Balaban J connectivity index is 0.00000288. The van der Waals surface area contributed by atoms with Crippen LogP contribution in [-0.2, 0) is 4.79 Å². The zero-order chi connectivity index (χ0) is 16.7. The fourth-order valence-corrected chi connectivity index (χ4v) is 2.27. The second-order valence-electron chi connectivity index (χ2n) is 5.69. The van der Waals surface area contributed by atoms with Gasteiger partial charge >= 0.3 is 0 Å². The number of ketones is 1. The van der Waals surface area contributed by atoms with Gasteiger partial charge < -0.3 is 10.2 Å². The average Bonchev–Trinajstić information content (AvgIpc) is 2.59. The molecule has 0 saturated heterocycles.